The molecule has 2 heteroatoms. The van der Waals surface area contributed by atoms with Crippen LogP contribution in [0.4, 0.5) is 5.69 Å². The highest BCUT2D eigenvalue weighted by Gasteiger charge is 2.33. The van der Waals surface area contributed by atoms with Crippen LogP contribution in [0.3, 0.4) is 0 Å². The molecule has 108 valence electrons. The van der Waals surface area contributed by atoms with E-state index in [0.717, 1.165) is 13.1 Å². The summed E-state index contributed by atoms with van der Waals surface area (Å²) in [5.74, 6) is 0. The fourth-order valence-electron chi connectivity index (χ4n) is 3.23. The molecular formula is C17H30N2. The maximum Gasteiger partial charge on any atom is 0.0523 e. The minimum Gasteiger partial charge on any atom is -0.365 e. The van der Waals surface area contributed by atoms with Gasteiger partial charge in [0.2, 0.25) is 0 Å². The standard InChI is InChI=1S/C17H30N2/c1-5-11-17(14-18,12-6-2)19(7-3)16-10-8-9-15(4)13-16/h8-10,13H,5-7,11-12,14,18H2,1-4H3. The number of rotatable bonds is 8. The first-order valence-electron chi connectivity index (χ1n) is 7.68. The third-order valence-corrected chi connectivity index (χ3v) is 4.01. The fraction of sp³-hybridized carbons (Fsp3) is 0.647. The number of aryl methyl sites for hydroxylation is 1. The van der Waals surface area contributed by atoms with Gasteiger partial charge in [-0.15, -0.1) is 0 Å². The molecule has 1 aromatic rings. The van der Waals surface area contributed by atoms with E-state index < -0.39 is 0 Å². The molecule has 0 saturated carbocycles. The lowest BCUT2D eigenvalue weighted by Gasteiger charge is -2.45. The zero-order valence-electron chi connectivity index (χ0n) is 13.1. The van der Waals surface area contributed by atoms with E-state index in [2.05, 4.69) is 56.9 Å². The lowest BCUT2D eigenvalue weighted by molar-refractivity contribution is 0.338. The largest absolute Gasteiger partial charge is 0.365 e. The monoisotopic (exact) mass is 262 g/mol. The van der Waals surface area contributed by atoms with Crippen LogP contribution in [0, 0.1) is 6.92 Å². The second-order valence-electron chi connectivity index (χ2n) is 5.51. The van der Waals surface area contributed by atoms with Crippen molar-refractivity contribution in [3.8, 4) is 0 Å². The average Bonchev–Trinajstić information content (AvgIpc) is 2.40. The number of nitrogens with two attached hydrogens (primary N) is 1. The van der Waals surface area contributed by atoms with Crippen LogP contribution < -0.4 is 10.6 Å². The Kier molecular flexibility index (Phi) is 6.36. The van der Waals surface area contributed by atoms with Crippen molar-refractivity contribution < 1.29 is 0 Å². The summed E-state index contributed by atoms with van der Waals surface area (Å²) in [7, 11) is 0. The topological polar surface area (TPSA) is 29.3 Å². The minimum atomic E-state index is 0.117. The molecule has 1 aromatic carbocycles. The molecule has 0 fully saturated rings. The van der Waals surface area contributed by atoms with E-state index in [4.69, 9.17) is 5.73 Å². The predicted octanol–water partition coefficient (Wildman–Crippen LogP) is 4.12. The maximum atomic E-state index is 6.19. The van der Waals surface area contributed by atoms with Crippen LogP contribution in [0.5, 0.6) is 0 Å². The van der Waals surface area contributed by atoms with Crippen molar-refractivity contribution in [3.05, 3.63) is 29.8 Å². The smallest absolute Gasteiger partial charge is 0.0523 e. The van der Waals surface area contributed by atoms with Crippen LogP contribution in [0.2, 0.25) is 0 Å². The second-order valence-corrected chi connectivity index (χ2v) is 5.51. The highest BCUT2D eigenvalue weighted by Crippen LogP contribution is 2.31. The van der Waals surface area contributed by atoms with Gasteiger partial charge in [-0.25, -0.2) is 0 Å². The molecule has 0 aliphatic rings. The number of anilines is 1. The minimum absolute atomic E-state index is 0.117. The summed E-state index contributed by atoms with van der Waals surface area (Å²) in [5, 5.41) is 0. The molecule has 0 aliphatic heterocycles. The molecule has 19 heavy (non-hydrogen) atoms. The Bertz CT molecular complexity index is 367. The van der Waals surface area contributed by atoms with Crippen molar-refractivity contribution in [2.75, 3.05) is 18.0 Å². The number of hydrogen-bond acceptors (Lipinski definition) is 2. The van der Waals surface area contributed by atoms with Crippen molar-refractivity contribution in [2.45, 2.75) is 58.9 Å². The van der Waals surface area contributed by atoms with Crippen molar-refractivity contribution in [1.82, 2.24) is 0 Å². The third kappa shape index (κ3) is 3.73. The highest BCUT2D eigenvalue weighted by atomic mass is 15.2. The van der Waals surface area contributed by atoms with E-state index in [1.807, 2.05) is 0 Å². The first-order valence-corrected chi connectivity index (χ1v) is 7.68. The number of benzene rings is 1. The molecule has 0 heterocycles. The van der Waals surface area contributed by atoms with Crippen LogP contribution in [0.15, 0.2) is 24.3 Å². The van der Waals surface area contributed by atoms with Crippen molar-refractivity contribution in [1.29, 1.82) is 0 Å². The summed E-state index contributed by atoms with van der Waals surface area (Å²) >= 11 is 0. The molecule has 0 aromatic heterocycles. The Morgan fingerprint density at radius 2 is 1.74 bits per heavy atom. The van der Waals surface area contributed by atoms with Gasteiger partial charge >= 0.3 is 0 Å². The number of nitrogens with zero attached hydrogens (tertiary/aromatic N) is 1. The molecule has 0 saturated heterocycles. The van der Waals surface area contributed by atoms with Crippen LogP contribution in [0.25, 0.3) is 0 Å². The van der Waals surface area contributed by atoms with E-state index >= 15 is 0 Å². The molecule has 0 aliphatic carbocycles. The van der Waals surface area contributed by atoms with E-state index in [1.165, 1.54) is 36.9 Å². The summed E-state index contributed by atoms with van der Waals surface area (Å²) in [6, 6.07) is 8.79. The molecule has 2 N–H and O–H groups in total. The quantitative estimate of drug-likeness (QED) is 0.763. The van der Waals surface area contributed by atoms with Crippen LogP contribution in [-0.2, 0) is 0 Å². The molecule has 1 rings (SSSR count). The van der Waals surface area contributed by atoms with Crippen LogP contribution in [-0.4, -0.2) is 18.6 Å². The summed E-state index contributed by atoms with van der Waals surface area (Å²) in [4.78, 5) is 2.52. The van der Waals surface area contributed by atoms with Gasteiger partial charge in [-0.05, 0) is 44.4 Å². The fourth-order valence-corrected chi connectivity index (χ4v) is 3.23. The SMILES string of the molecule is CCCC(CN)(CCC)N(CC)c1cccc(C)c1. The van der Waals surface area contributed by atoms with Gasteiger partial charge in [-0.2, -0.15) is 0 Å². The van der Waals surface area contributed by atoms with Crippen molar-refractivity contribution >= 4 is 5.69 Å². The van der Waals surface area contributed by atoms with E-state index in [1.54, 1.807) is 0 Å². The molecule has 0 unspecified atom stereocenters. The first kappa shape index (κ1) is 16.0. The summed E-state index contributed by atoms with van der Waals surface area (Å²) < 4.78 is 0. The van der Waals surface area contributed by atoms with Gasteiger partial charge in [0.05, 0.1) is 5.54 Å². The Labute approximate surface area is 119 Å². The Hall–Kier alpha value is -1.02. The molecule has 2 nitrogen and oxygen atoms in total. The van der Waals surface area contributed by atoms with Gasteiger partial charge in [0.1, 0.15) is 0 Å². The molecule has 0 amide bonds. The van der Waals surface area contributed by atoms with Crippen molar-refractivity contribution in [2.24, 2.45) is 5.73 Å². The predicted molar refractivity (Wildman–Crippen MR) is 85.8 cm³/mol. The normalized spacial score (nSPS) is 11.6. The highest BCUT2D eigenvalue weighted by molar-refractivity contribution is 5.51. The van der Waals surface area contributed by atoms with E-state index in [-0.39, 0.29) is 5.54 Å². The Morgan fingerprint density at radius 1 is 1.11 bits per heavy atom. The zero-order valence-corrected chi connectivity index (χ0v) is 13.1. The van der Waals surface area contributed by atoms with Crippen LogP contribution >= 0.6 is 0 Å². The van der Waals surface area contributed by atoms with Gasteiger partial charge in [0, 0.05) is 18.8 Å². The number of likely N-dealkylation sites (N-methyl/N-ethyl adjacent to an activating group) is 1. The average molecular weight is 262 g/mol. The van der Waals surface area contributed by atoms with Crippen molar-refractivity contribution in [3.63, 3.8) is 0 Å². The third-order valence-electron chi connectivity index (χ3n) is 4.01. The van der Waals surface area contributed by atoms with Gasteiger partial charge in [0.25, 0.3) is 0 Å². The van der Waals surface area contributed by atoms with E-state index in [9.17, 15) is 0 Å². The summed E-state index contributed by atoms with van der Waals surface area (Å²) in [6.45, 7) is 10.6. The number of hydrogen-bond donors (Lipinski definition) is 1. The second kappa shape index (κ2) is 7.54. The van der Waals surface area contributed by atoms with Gasteiger partial charge in [0.15, 0.2) is 0 Å². The molecule has 0 atom stereocenters. The summed E-state index contributed by atoms with van der Waals surface area (Å²) in [5.41, 5.74) is 8.94. The molecular weight excluding hydrogens is 232 g/mol. The van der Waals surface area contributed by atoms with E-state index in [0.29, 0.717) is 0 Å². The Morgan fingerprint density at radius 3 is 2.16 bits per heavy atom. The zero-order chi connectivity index (χ0) is 14.3. The van der Waals surface area contributed by atoms with Gasteiger partial charge < -0.3 is 10.6 Å². The molecule has 0 bridgehead atoms. The first-order chi connectivity index (χ1) is 9.13. The lowest BCUT2D eigenvalue weighted by atomic mass is 9.86. The van der Waals surface area contributed by atoms with Gasteiger partial charge in [-0.3, -0.25) is 0 Å². The Balaban J connectivity index is 3.14. The van der Waals surface area contributed by atoms with Gasteiger partial charge in [-0.1, -0.05) is 38.8 Å². The lowest BCUT2D eigenvalue weighted by Crippen LogP contribution is -2.54. The molecule has 0 spiro atoms. The molecule has 0 radical (unpaired) electrons. The maximum absolute atomic E-state index is 6.19. The van der Waals surface area contributed by atoms with Crippen LogP contribution in [0.1, 0.15) is 52.0 Å². The summed E-state index contributed by atoms with van der Waals surface area (Å²) in [6.07, 6.45) is 4.69.